The number of rotatable bonds is 11. The zero-order valence-electron chi connectivity index (χ0n) is 19.9. The standard InChI is InChI=1S/C29H37NO2/c1-22(2)30(23(3)4)18-17-27(26-13-9-6-10-14-26)28-19-25(20-31)15-16-29(28)32-21-24-11-7-5-8-12-24/h5-16,19,22-23,27,31H,17-18,20-21H2,1-4H3. The Morgan fingerprint density at radius 3 is 2.00 bits per heavy atom. The van der Waals surface area contributed by atoms with Crippen LogP contribution in [0.2, 0.25) is 0 Å². The zero-order chi connectivity index (χ0) is 22.9. The Morgan fingerprint density at radius 1 is 0.781 bits per heavy atom. The summed E-state index contributed by atoms with van der Waals surface area (Å²) >= 11 is 0. The number of nitrogens with zero attached hydrogens (tertiary/aromatic N) is 1. The minimum atomic E-state index is 0.0254. The fourth-order valence-corrected chi connectivity index (χ4v) is 4.41. The van der Waals surface area contributed by atoms with Crippen LogP contribution in [0.1, 0.15) is 62.3 Å². The average Bonchev–Trinajstić information content (AvgIpc) is 2.81. The summed E-state index contributed by atoms with van der Waals surface area (Å²) in [5.74, 6) is 1.08. The third-order valence-corrected chi connectivity index (χ3v) is 6.07. The quantitative estimate of drug-likeness (QED) is 0.381. The number of aliphatic hydroxyl groups excluding tert-OH is 1. The monoisotopic (exact) mass is 431 g/mol. The van der Waals surface area contributed by atoms with Crippen LogP contribution < -0.4 is 4.74 Å². The van der Waals surface area contributed by atoms with Gasteiger partial charge in [0.1, 0.15) is 12.4 Å². The predicted molar refractivity (Wildman–Crippen MR) is 133 cm³/mol. The summed E-state index contributed by atoms with van der Waals surface area (Å²) in [7, 11) is 0. The van der Waals surface area contributed by atoms with Gasteiger partial charge in [-0.05, 0) is 69.5 Å². The number of benzene rings is 3. The van der Waals surface area contributed by atoms with Gasteiger partial charge in [0.25, 0.3) is 0 Å². The summed E-state index contributed by atoms with van der Waals surface area (Å²) in [6, 6.07) is 28.0. The van der Waals surface area contributed by atoms with Gasteiger partial charge in [-0.25, -0.2) is 0 Å². The number of aliphatic hydroxyl groups is 1. The molecule has 0 radical (unpaired) electrons. The van der Waals surface area contributed by atoms with E-state index in [0.717, 1.165) is 35.4 Å². The van der Waals surface area contributed by atoms with E-state index in [0.29, 0.717) is 18.7 Å². The van der Waals surface area contributed by atoms with Crippen molar-refractivity contribution in [3.05, 3.63) is 101 Å². The van der Waals surface area contributed by atoms with Crippen LogP contribution in [-0.2, 0) is 13.2 Å². The Balaban J connectivity index is 1.94. The van der Waals surface area contributed by atoms with Gasteiger partial charge in [-0.2, -0.15) is 0 Å². The predicted octanol–water partition coefficient (Wildman–Crippen LogP) is 6.40. The molecule has 0 heterocycles. The topological polar surface area (TPSA) is 32.7 Å². The van der Waals surface area contributed by atoms with Gasteiger partial charge in [-0.15, -0.1) is 0 Å². The highest BCUT2D eigenvalue weighted by Crippen LogP contribution is 2.36. The molecule has 0 bridgehead atoms. The Morgan fingerprint density at radius 2 is 1.41 bits per heavy atom. The molecule has 1 N–H and O–H groups in total. The Hall–Kier alpha value is -2.62. The van der Waals surface area contributed by atoms with Gasteiger partial charge < -0.3 is 9.84 Å². The molecule has 0 aliphatic carbocycles. The normalized spacial score (nSPS) is 12.5. The van der Waals surface area contributed by atoms with Crippen LogP contribution in [0.5, 0.6) is 5.75 Å². The van der Waals surface area contributed by atoms with Crippen LogP contribution in [-0.4, -0.2) is 28.6 Å². The maximum absolute atomic E-state index is 9.83. The molecule has 0 fully saturated rings. The maximum atomic E-state index is 9.83. The van der Waals surface area contributed by atoms with E-state index in [1.165, 1.54) is 5.56 Å². The lowest BCUT2D eigenvalue weighted by Gasteiger charge is -2.32. The first-order chi connectivity index (χ1) is 15.5. The minimum absolute atomic E-state index is 0.0254. The van der Waals surface area contributed by atoms with Crippen molar-refractivity contribution in [1.82, 2.24) is 4.90 Å². The van der Waals surface area contributed by atoms with Crippen LogP contribution in [0.4, 0.5) is 0 Å². The highest BCUT2D eigenvalue weighted by Gasteiger charge is 2.22. The summed E-state index contributed by atoms with van der Waals surface area (Å²) in [6.07, 6.45) is 0.983. The van der Waals surface area contributed by atoms with Gasteiger partial charge in [0.15, 0.2) is 0 Å². The number of hydrogen-bond acceptors (Lipinski definition) is 3. The second-order valence-electron chi connectivity index (χ2n) is 8.98. The molecule has 32 heavy (non-hydrogen) atoms. The summed E-state index contributed by atoms with van der Waals surface area (Å²) in [5.41, 5.74) is 4.48. The van der Waals surface area contributed by atoms with Gasteiger partial charge in [-0.1, -0.05) is 66.7 Å². The molecule has 3 nitrogen and oxygen atoms in total. The van der Waals surface area contributed by atoms with Crippen LogP contribution in [0, 0.1) is 0 Å². The van der Waals surface area contributed by atoms with Gasteiger partial charge in [-0.3, -0.25) is 4.90 Å². The molecular weight excluding hydrogens is 394 g/mol. The van der Waals surface area contributed by atoms with Crippen molar-refractivity contribution < 1.29 is 9.84 Å². The van der Waals surface area contributed by atoms with E-state index in [4.69, 9.17) is 4.74 Å². The first kappa shape index (κ1) is 24.0. The molecule has 3 aromatic rings. The van der Waals surface area contributed by atoms with Gasteiger partial charge >= 0.3 is 0 Å². The van der Waals surface area contributed by atoms with E-state index in [9.17, 15) is 5.11 Å². The zero-order valence-corrected chi connectivity index (χ0v) is 19.9. The lowest BCUT2D eigenvalue weighted by atomic mass is 9.86. The van der Waals surface area contributed by atoms with Crippen molar-refractivity contribution >= 4 is 0 Å². The number of ether oxygens (including phenoxy) is 1. The molecular formula is C29H37NO2. The molecule has 1 atom stereocenters. The third-order valence-electron chi connectivity index (χ3n) is 6.07. The largest absolute Gasteiger partial charge is 0.489 e. The van der Waals surface area contributed by atoms with Crippen molar-refractivity contribution in [2.45, 2.75) is 65.3 Å². The maximum Gasteiger partial charge on any atom is 0.123 e. The fourth-order valence-electron chi connectivity index (χ4n) is 4.41. The van der Waals surface area contributed by atoms with E-state index >= 15 is 0 Å². The molecule has 3 heteroatoms. The second kappa shape index (κ2) is 11.8. The molecule has 3 rings (SSSR count). The second-order valence-corrected chi connectivity index (χ2v) is 8.98. The third kappa shape index (κ3) is 6.44. The molecule has 0 saturated heterocycles. The van der Waals surface area contributed by atoms with Gasteiger partial charge in [0.05, 0.1) is 6.61 Å². The van der Waals surface area contributed by atoms with Crippen LogP contribution in [0.25, 0.3) is 0 Å². The van der Waals surface area contributed by atoms with Crippen molar-refractivity contribution in [2.24, 2.45) is 0 Å². The molecule has 0 aliphatic heterocycles. The van der Waals surface area contributed by atoms with E-state index in [-0.39, 0.29) is 12.5 Å². The average molecular weight is 432 g/mol. The molecule has 0 amide bonds. The van der Waals surface area contributed by atoms with E-state index in [2.05, 4.69) is 81.1 Å². The van der Waals surface area contributed by atoms with Gasteiger partial charge in [0.2, 0.25) is 0 Å². The van der Waals surface area contributed by atoms with Crippen LogP contribution in [0.3, 0.4) is 0 Å². The highest BCUT2D eigenvalue weighted by molar-refractivity contribution is 5.44. The molecule has 0 aromatic heterocycles. The smallest absolute Gasteiger partial charge is 0.123 e. The molecule has 0 spiro atoms. The molecule has 3 aromatic carbocycles. The minimum Gasteiger partial charge on any atom is -0.489 e. The molecule has 1 unspecified atom stereocenters. The van der Waals surface area contributed by atoms with Crippen molar-refractivity contribution in [1.29, 1.82) is 0 Å². The van der Waals surface area contributed by atoms with Crippen molar-refractivity contribution in [2.75, 3.05) is 6.54 Å². The summed E-state index contributed by atoms with van der Waals surface area (Å²) in [6.45, 7) is 10.6. The van der Waals surface area contributed by atoms with Gasteiger partial charge in [0, 0.05) is 23.6 Å². The highest BCUT2D eigenvalue weighted by atomic mass is 16.5. The van der Waals surface area contributed by atoms with Crippen molar-refractivity contribution in [3.8, 4) is 5.75 Å². The molecule has 170 valence electrons. The lowest BCUT2D eigenvalue weighted by Crippen LogP contribution is -2.38. The number of hydrogen-bond donors (Lipinski definition) is 1. The SMILES string of the molecule is CC(C)N(CCC(c1ccccc1)c1cc(CO)ccc1OCc1ccccc1)C(C)C. The Kier molecular flexibility index (Phi) is 8.90. The first-order valence-electron chi connectivity index (χ1n) is 11.7. The first-order valence-corrected chi connectivity index (χ1v) is 11.7. The van der Waals surface area contributed by atoms with Crippen molar-refractivity contribution in [3.63, 3.8) is 0 Å². The van der Waals surface area contributed by atoms with E-state index < -0.39 is 0 Å². The van der Waals surface area contributed by atoms with Crippen LogP contribution >= 0.6 is 0 Å². The fraction of sp³-hybridized carbons (Fsp3) is 0.379. The summed E-state index contributed by atoms with van der Waals surface area (Å²) < 4.78 is 6.33. The summed E-state index contributed by atoms with van der Waals surface area (Å²) in [5, 5.41) is 9.83. The van der Waals surface area contributed by atoms with E-state index in [1.54, 1.807) is 0 Å². The molecule has 0 saturated carbocycles. The summed E-state index contributed by atoms with van der Waals surface area (Å²) in [4.78, 5) is 2.54. The lowest BCUT2D eigenvalue weighted by molar-refractivity contribution is 0.170. The molecule has 0 aliphatic rings. The Bertz CT molecular complexity index is 930. The Labute approximate surface area is 193 Å². The van der Waals surface area contributed by atoms with Crippen LogP contribution in [0.15, 0.2) is 78.9 Å². The van der Waals surface area contributed by atoms with E-state index in [1.807, 2.05) is 30.3 Å².